The zero-order valence-corrected chi connectivity index (χ0v) is 17.3. The molecule has 0 radical (unpaired) electrons. The number of rotatable bonds is 13. The van der Waals surface area contributed by atoms with Gasteiger partial charge in [-0.3, -0.25) is 9.59 Å². The van der Waals surface area contributed by atoms with Gasteiger partial charge in [0.05, 0.1) is 0 Å². The number of aliphatic hydroxyl groups is 2. The Bertz CT molecular complexity index is 778. The van der Waals surface area contributed by atoms with Gasteiger partial charge in [-0.05, 0) is 12.8 Å². The first-order valence-electron chi connectivity index (χ1n) is 10.5. The number of ketones is 2. The van der Waals surface area contributed by atoms with Gasteiger partial charge in [0.15, 0.2) is 11.6 Å². The fourth-order valence-electron chi connectivity index (χ4n) is 3.14. The van der Waals surface area contributed by atoms with E-state index in [1.54, 1.807) is 24.3 Å². The highest BCUT2D eigenvalue weighted by Crippen LogP contribution is 2.14. The standard InChI is InChI=1S/C26H30O4/c27-23(19-25(29)21-13-7-5-8-14-21)17-11-3-1-2-4-12-18-24(28)20-26(30)22-15-9-6-10-16-22/h5-10,13-16,19-20,29-30H,1-4,11-12,17-18H2/b25-19-,26-20-. The predicted octanol–water partition coefficient (Wildman–Crippen LogP) is 6.44. The van der Waals surface area contributed by atoms with Crippen LogP contribution in [0.25, 0.3) is 11.5 Å². The van der Waals surface area contributed by atoms with Gasteiger partial charge in [0.1, 0.15) is 11.5 Å². The third-order valence-corrected chi connectivity index (χ3v) is 4.83. The molecule has 158 valence electrons. The maximum Gasteiger partial charge on any atom is 0.159 e. The number of carbonyl (C=O) groups is 2. The molecule has 0 heterocycles. The van der Waals surface area contributed by atoms with Crippen LogP contribution >= 0.6 is 0 Å². The summed E-state index contributed by atoms with van der Waals surface area (Å²) in [4.78, 5) is 23.9. The molecule has 2 rings (SSSR count). The predicted molar refractivity (Wildman–Crippen MR) is 121 cm³/mol. The highest BCUT2D eigenvalue weighted by Gasteiger charge is 2.05. The molecule has 0 saturated heterocycles. The van der Waals surface area contributed by atoms with Gasteiger partial charge in [0, 0.05) is 36.1 Å². The summed E-state index contributed by atoms with van der Waals surface area (Å²) in [5.74, 6) is -0.103. The lowest BCUT2D eigenvalue weighted by atomic mass is 10.0. The van der Waals surface area contributed by atoms with E-state index < -0.39 is 0 Å². The van der Waals surface area contributed by atoms with Crippen molar-refractivity contribution in [3.63, 3.8) is 0 Å². The molecule has 0 fully saturated rings. The first-order chi connectivity index (χ1) is 14.6. The SMILES string of the molecule is O=C(/C=C(\O)c1ccccc1)CCCCCCCCC(=O)/C=C(\O)c1ccccc1. The van der Waals surface area contributed by atoms with Crippen LogP contribution in [0.3, 0.4) is 0 Å². The Labute approximate surface area is 178 Å². The van der Waals surface area contributed by atoms with Crippen LogP contribution in [0.5, 0.6) is 0 Å². The van der Waals surface area contributed by atoms with Crippen molar-refractivity contribution in [2.75, 3.05) is 0 Å². The highest BCUT2D eigenvalue weighted by molar-refractivity contribution is 5.95. The molecule has 0 spiro atoms. The van der Waals surface area contributed by atoms with Gasteiger partial charge >= 0.3 is 0 Å². The van der Waals surface area contributed by atoms with Crippen molar-refractivity contribution in [2.24, 2.45) is 0 Å². The van der Waals surface area contributed by atoms with Crippen molar-refractivity contribution in [2.45, 2.75) is 51.4 Å². The van der Waals surface area contributed by atoms with Crippen LogP contribution in [0.4, 0.5) is 0 Å². The molecule has 0 aliphatic heterocycles. The second kappa shape index (κ2) is 13.2. The summed E-state index contributed by atoms with van der Waals surface area (Å²) in [6.07, 6.45) is 9.00. The molecule has 0 aliphatic carbocycles. The maximum absolute atomic E-state index is 11.9. The summed E-state index contributed by atoms with van der Waals surface area (Å²) in [5.41, 5.74) is 1.29. The molecule has 0 saturated carbocycles. The van der Waals surface area contributed by atoms with Crippen molar-refractivity contribution >= 4 is 23.1 Å². The molecule has 30 heavy (non-hydrogen) atoms. The number of unbranched alkanes of at least 4 members (excludes halogenated alkanes) is 5. The summed E-state index contributed by atoms with van der Waals surface area (Å²) in [7, 11) is 0. The van der Waals surface area contributed by atoms with E-state index >= 15 is 0 Å². The summed E-state index contributed by atoms with van der Waals surface area (Å²) in [6, 6.07) is 18.1. The van der Waals surface area contributed by atoms with E-state index in [1.807, 2.05) is 36.4 Å². The van der Waals surface area contributed by atoms with Gasteiger partial charge in [-0.1, -0.05) is 86.3 Å². The third kappa shape index (κ3) is 8.91. The minimum Gasteiger partial charge on any atom is -0.507 e. The van der Waals surface area contributed by atoms with Gasteiger partial charge in [-0.15, -0.1) is 0 Å². The lowest BCUT2D eigenvalue weighted by Crippen LogP contribution is -1.96. The second-order valence-electron chi connectivity index (χ2n) is 7.35. The van der Waals surface area contributed by atoms with Crippen molar-refractivity contribution in [3.8, 4) is 0 Å². The fraction of sp³-hybridized carbons (Fsp3) is 0.308. The van der Waals surface area contributed by atoms with Gasteiger partial charge in [0.25, 0.3) is 0 Å². The molecule has 2 N–H and O–H groups in total. The Hall–Kier alpha value is -3.14. The Kier molecular flexibility index (Phi) is 10.1. The van der Waals surface area contributed by atoms with Crippen molar-refractivity contribution < 1.29 is 19.8 Å². The Balaban J connectivity index is 1.54. The van der Waals surface area contributed by atoms with Crippen LogP contribution < -0.4 is 0 Å². The van der Waals surface area contributed by atoms with Gasteiger partial charge in [-0.25, -0.2) is 0 Å². The summed E-state index contributed by atoms with van der Waals surface area (Å²) >= 11 is 0. The molecule has 2 aromatic carbocycles. The number of carbonyl (C=O) groups excluding carboxylic acids is 2. The van der Waals surface area contributed by atoms with Crippen LogP contribution in [0.2, 0.25) is 0 Å². The number of hydrogen-bond acceptors (Lipinski definition) is 4. The zero-order chi connectivity index (χ0) is 21.6. The number of allylic oxidation sites excluding steroid dienone is 2. The Morgan fingerprint density at radius 1 is 0.567 bits per heavy atom. The monoisotopic (exact) mass is 406 g/mol. The van der Waals surface area contributed by atoms with E-state index in [0.717, 1.165) is 38.5 Å². The third-order valence-electron chi connectivity index (χ3n) is 4.83. The summed E-state index contributed by atoms with van der Waals surface area (Å²) in [5, 5.41) is 19.9. The topological polar surface area (TPSA) is 74.6 Å². The van der Waals surface area contributed by atoms with E-state index in [1.165, 1.54) is 12.2 Å². The molecule has 2 aromatic rings. The largest absolute Gasteiger partial charge is 0.507 e. The molecular formula is C26H30O4. The average molecular weight is 407 g/mol. The first kappa shape index (κ1) is 23.1. The summed E-state index contributed by atoms with van der Waals surface area (Å²) < 4.78 is 0. The Morgan fingerprint density at radius 2 is 0.900 bits per heavy atom. The van der Waals surface area contributed by atoms with Crippen LogP contribution in [0.15, 0.2) is 72.8 Å². The minimum absolute atomic E-state index is 0.0117. The van der Waals surface area contributed by atoms with Crippen LogP contribution in [0, 0.1) is 0 Å². The van der Waals surface area contributed by atoms with Crippen LogP contribution in [-0.4, -0.2) is 21.8 Å². The minimum atomic E-state index is -0.0630. The molecule has 4 nitrogen and oxygen atoms in total. The number of hydrogen-bond donors (Lipinski definition) is 2. The second-order valence-corrected chi connectivity index (χ2v) is 7.35. The van der Waals surface area contributed by atoms with Crippen molar-refractivity contribution in [3.05, 3.63) is 83.9 Å². The first-order valence-corrected chi connectivity index (χ1v) is 10.5. The Morgan fingerprint density at radius 3 is 1.27 bits per heavy atom. The van der Waals surface area contributed by atoms with E-state index in [-0.39, 0.29) is 23.1 Å². The molecule has 4 heteroatoms. The van der Waals surface area contributed by atoms with E-state index in [2.05, 4.69) is 0 Å². The normalized spacial score (nSPS) is 12.0. The van der Waals surface area contributed by atoms with Crippen molar-refractivity contribution in [1.82, 2.24) is 0 Å². The molecule has 0 bridgehead atoms. The average Bonchev–Trinajstić information content (AvgIpc) is 2.76. The van der Waals surface area contributed by atoms with E-state index in [0.29, 0.717) is 24.0 Å². The maximum atomic E-state index is 11.9. The smallest absolute Gasteiger partial charge is 0.159 e. The molecular weight excluding hydrogens is 376 g/mol. The lowest BCUT2D eigenvalue weighted by Gasteiger charge is -2.02. The summed E-state index contributed by atoms with van der Waals surface area (Å²) in [6.45, 7) is 0. The zero-order valence-electron chi connectivity index (χ0n) is 17.3. The van der Waals surface area contributed by atoms with E-state index in [4.69, 9.17) is 0 Å². The quantitative estimate of drug-likeness (QED) is 0.228. The lowest BCUT2D eigenvalue weighted by molar-refractivity contribution is -0.115. The van der Waals surface area contributed by atoms with Gasteiger partial charge in [-0.2, -0.15) is 0 Å². The molecule has 0 amide bonds. The molecule has 0 aliphatic rings. The number of aliphatic hydroxyl groups excluding tert-OH is 2. The molecule has 0 unspecified atom stereocenters. The highest BCUT2D eigenvalue weighted by atomic mass is 16.3. The van der Waals surface area contributed by atoms with E-state index in [9.17, 15) is 19.8 Å². The molecule has 0 aromatic heterocycles. The fourth-order valence-corrected chi connectivity index (χ4v) is 3.14. The van der Waals surface area contributed by atoms with Gasteiger partial charge < -0.3 is 10.2 Å². The molecule has 0 atom stereocenters. The van der Waals surface area contributed by atoms with Crippen molar-refractivity contribution in [1.29, 1.82) is 0 Å². The van der Waals surface area contributed by atoms with Crippen LogP contribution in [0.1, 0.15) is 62.5 Å². The van der Waals surface area contributed by atoms with Crippen LogP contribution in [-0.2, 0) is 9.59 Å². The number of benzene rings is 2. The van der Waals surface area contributed by atoms with Gasteiger partial charge in [0.2, 0.25) is 0 Å².